The van der Waals surface area contributed by atoms with Crippen molar-refractivity contribution in [1.82, 2.24) is 4.90 Å². The first kappa shape index (κ1) is 13.9. The van der Waals surface area contributed by atoms with E-state index in [0.717, 1.165) is 25.9 Å². The Kier molecular flexibility index (Phi) is 4.42. The van der Waals surface area contributed by atoms with Crippen LogP contribution in [-0.2, 0) is 15.6 Å². The minimum Gasteiger partial charge on any atom is -0.497 e. The Bertz CT molecular complexity index is 499. The fourth-order valence-corrected chi connectivity index (χ4v) is 3.23. The molecule has 104 valence electrons. The number of anilines is 1. The number of nitrogens with two attached hydrogens (primary N) is 1. The predicted molar refractivity (Wildman–Crippen MR) is 74.5 cm³/mol. The topological polar surface area (TPSA) is 72.6 Å². The van der Waals surface area contributed by atoms with E-state index in [9.17, 15) is 9.00 Å². The number of carbonyl (C=O) groups excluding carboxylic acids is 1. The highest BCUT2D eigenvalue weighted by Gasteiger charge is 2.21. The molecule has 1 unspecified atom stereocenters. The Balaban J connectivity index is 2.08. The number of benzene rings is 1. The van der Waals surface area contributed by atoms with Gasteiger partial charge in [0.15, 0.2) is 0 Å². The van der Waals surface area contributed by atoms with E-state index < -0.39 is 10.8 Å². The van der Waals surface area contributed by atoms with E-state index in [1.54, 1.807) is 23.1 Å². The molecule has 1 saturated heterocycles. The lowest BCUT2D eigenvalue weighted by atomic mass is 10.3. The summed E-state index contributed by atoms with van der Waals surface area (Å²) in [4.78, 5) is 14.2. The van der Waals surface area contributed by atoms with E-state index in [1.165, 1.54) is 7.11 Å². The largest absolute Gasteiger partial charge is 0.497 e. The minimum absolute atomic E-state index is 0.0165. The summed E-state index contributed by atoms with van der Waals surface area (Å²) in [5, 5.41) is 0. The van der Waals surface area contributed by atoms with Gasteiger partial charge in [0.05, 0.1) is 22.8 Å². The van der Waals surface area contributed by atoms with Crippen LogP contribution in [0.25, 0.3) is 0 Å². The second-order valence-corrected chi connectivity index (χ2v) is 5.90. The van der Waals surface area contributed by atoms with E-state index in [2.05, 4.69) is 0 Å². The van der Waals surface area contributed by atoms with Crippen molar-refractivity contribution in [2.24, 2.45) is 0 Å². The number of rotatable bonds is 4. The van der Waals surface area contributed by atoms with E-state index in [-0.39, 0.29) is 11.7 Å². The lowest BCUT2D eigenvalue weighted by Gasteiger charge is -2.15. The van der Waals surface area contributed by atoms with Gasteiger partial charge < -0.3 is 15.4 Å². The Hall–Kier alpha value is -1.56. The maximum Gasteiger partial charge on any atom is 0.235 e. The summed E-state index contributed by atoms with van der Waals surface area (Å²) in [5.74, 6) is 0.501. The van der Waals surface area contributed by atoms with Crippen LogP contribution in [0, 0.1) is 0 Å². The maximum atomic E-state index is 12.2. The van der Waals surface area contributed by atoms with Gasteiger partial charge in [-0.05, 0) is 31.0 Å². The third-order valence-corrected chi connectivity index (χ3v) is 4.53. The van der Waals surface area contributed by atoms with Crippen LogP contribution >= 0.6 is 0 Å². The van der Waals surface area contributed by atoms with Gasteiger partial charge in [0, 0.05) is 18.8 Å². The molecule has 1 atom stereocenters. The number of hydrogen-bond donors (Lipinski definition) is 1. The first-order chi connectivity index (χ1) is 9.11. The lowest BCUT2D eigenvalue weighted by molar-refractivity contribution is -0.127. The van der Waals surface area contributed by atoms with Crippen LogP contribution in [0.5, 0.6) is 5.75 Å². The number of methoxy groups -OCH3 is 1. The van der Waals surface area contributed by atoms with Gasteiger partial charge in [-0.1, -0.05) is 0 Å². The molecule has 5 nitrogen and oxygen atoms in total. The molecule has 1 amide bonds. The zero-order valence-electron chi connectivity index (χ0n) is 10.9. The third-order valence-electron chi connectivity index (χ3n) is 3.18. The first-order valence-electron chi connectivity index (χ1n) is 6.21. The number of likely N-dealkylation sites (tertiary alicyclic amines) is 1. The van der Waals surface area contributed by atoms with Gasteiger partial charge in [-0.3, -0.25) is 9.00 Å². The van der Waals surface area contributed by atoms with Crippen molar-refractivity contribution in [1.29, 1.82) is 0 Å². The number of hydrogen-bond acceptors (Lipinski definition) is 4. The highest BCUT2D eigenvalue weighted by atomic mass is 32.2. The normalized spacial score (nSPS) is 16.4. The first-order valence-corrected chi connectivity index (χ1v) is 7.53. The van der Waals surface area contributed by atoms with Gasteiger partial charge in [-0.15, -0.1) is 0 Å². The van der Waals surface area contributed by atoms with E-state index >= 15 is 0 Å². The molecule has 0 aromatic heterocycles. The van der Waals surface area contributed by atoms with Gasteiger partial charge in [0.2, 0.25) is 5.91 Å². The third kappa shape index (κ3) is 3.26. The summed E-state index contributed by atoms with van der Waals surface area (Å²) < 4.78 is 17.3. The van der Waals surface area contributed by atoms with Gasteiger partial charge >= 0.3 is 0 Å². The molecule has 19 heavy (non-hydrogen) atoms. The van der Waals surface area contributed by atoms with Gasteiger partial charge in [0.1, 0.15) is 11.5 Å². The predicted octanol–water partition coefficient (Wildman–Crippen LogP) is 1.01. The van der Waals surface area contributed by atoms with Crippen molar-refractivity contribution in [2.75, 3.05) is 31.7 Å². The molecular formula is C13H18N2O3S. The zero-order valence-corrected chi connectivity index (χ0v) is 11.7. The van der Waals surface area contributed by atoms with Crippen LogP contribution in [0.2, 0.25) is 0 Å². The number of nitrogens with zero attached hydrogens (tertiary/aromatic N) is 1. The molecule has 0 spiro atoms. The van der Waals surface area contributed by atoms with E-state index in [4.69, 9.17) is 10.5 Å². The van der Waals surface area contributed by atoms with Crippen molar-refractivity contribution in [2.45, 2.75) is 17.7 Å². The number of carbonyl (C=O) groups is 1. The monoisotopic (exact) mass is 282 g/mol. The van der Waals surface area contributed by atoms with Crippen LogP contribution in [0.3, 0.4) is 0 Å². The summed E-state index contributed by atoms with van der Waals surface area (Å²) in [5.41, 5.74) is 6.23. The SMILES string of the molecule is COc1ccc(N)c(S(=O)CC(=O)N2CCCC2)c1. The van der Waals surface area contributed by atoms with Gasteiger partial charge in [-0.2, -0.15) is 0 Å². The lowest BCUT2D eigenvalue weighted by Crippen LogP contribution is -2.31. The molecule has 1 aromatic carbocycles. The Labute approximate surface area is 115 Å². The second-order valence-electron chi connectivity index (χ2n) is 4.48. The number of nitrogen functional groups attached to an aromatic ring is 1. The van der Waals surface area contributed by atoms with Crippen LogP contribution < -0.4 is 10.5 Å². The molecule has 1 aromatic rings. The number of amides is 1. The summed E-state index contributed by atoms with van der Waals surface area (Å²) >= 11 is 0. The minimum atomic E-state index is -1.43. The van der Waals surface area contributed by atoms with E-state index in [0.29, 0.717) is 16.3 Å². The fourth-order valence-electron chi connectivity index (χ4n) is 2.09. The molecular weight excluding hydrogens is 264 g/mol. The zero-order chi connectivity index (χ0) is 13.8. The summed E-state index contributed by atoms with van der Waals surface area (Å²) in [7, 11) is 0.106. The molecule has 0 saturated carbocycles. The summed E-state index contributed by atoms with van der Waals surface area (Å²) in [6.07, 6.45) is 2.05. The molecule has 6 heteroatoms. The fraction of sp³-hybridized carbons (Fsp3) is 0.462. The molecule has 1 aliphatic heterocycles. The molecule has 0 aliphatic carbocycles. The van der Waals surface area contributed by atoms with Crippen molar-refractivity contribution in [3.05, 3.63) is 18.2 Å². The number of ether oxygens (including phenoxy) is 1. The van der Waals surface area contributed by atoms with Crippen molar-refractivity contribution < 1.29 is 13.7 Å². The van der Waals surface area contributed by atoms with Crippen LogP contribution in [0.15, 0.2) is 23.1 Å². The molecule has 1 heterocycles. The standard InChI is InChI=1S/C13H18N2O3S/c1-18-10-4-5-11(14)12(8-10)19(17)9-13(16)15-6-2-3-7-15/h4-5,8H,2-3,6-7,9,14H2,1H3. The Morgan fingerprint density at radius 1 is 1.42 bits per heavy atom. The average molecular weight is 282 g/mol. The van der Waals surface area contributed by atoms with Crippen molar-refractivity contribution in [3.8, 4) is 5.75 Å². The highest BCUT2D eigenvalue weighted by molar-refractivity contribution is 7.86. The van der Waals surface area contributed by atoms with Gasteiger partial charge in [-0.25, -0.2) is 0 Å². The molecule has 0 bridgehead atoms. The molecule has 0 radical (unpaired) electrons. The Morgan fingerprint density at radius 3 is 2.74 bits per heavy atom. The van der Waals surface area contributed by atoms with Crippen molar-refractivity contribution >= 4 is 22.4 Å². The van der Waals surface area contributed by atoms with Crippen LogP contribution in [0.4, 0.5) is 5.69 Å². The second kappa shape index (κ2) is 6.06. The van der Waals surface area contributed by atoms with Gasteiger partial charge in [0.25, 0.3) is 0 Å². The summed E-state index contributed by atoms with van der Waals surface area (Å²) in [6.45, 7) is 1.53. The highest BCUT2D eigenvalue weighted by Crippen LogP contribution is 2.23. The summed E-state index contributed by atoms with van der Waals surface area (Å²) in [6, 6.07) is 4.98. The van der Waals surface area contributed by atoms with Crippen molar-refractivity contribution in [3.63, 3.8) is 0 Å². The molecule has 2 N–H and O–H groups in total. The maximum absolute atomic E-state index is 12.2. The Morgan fingerprint density at radius 2 is 2.11 bits per heavy atom. The smallest absolute Gasteiger partial charge is 0.235 e. The van der Waals surface area contributed by atoms with Crippen LogP contribution in [-0.4, -0.2) is 41.0 Å². The molecule has 2 rings (SSSR count). The van der Waals surface area contributed by atoms with E-state index in [1.807, 2.05) is 0 Å². The molecule has 1 fully saturated rings. The van der Waals surface area contributed by atoms with Crippen LogP contribution in [0.1, 0.15) is 12.8 Å². The quantitative estimate of drug-likeness (QED) is 0.836. The average Bonchev–Trinajstić information content (AvgIpc) is 2.93. The molecule has 1 aliphatic rings.